The number of nitrogens with zero attached hydrogens (tertiary/aromatic N) is 3. The van der Waals surface area contributed by atoms with Gasteiger partial charge in [0.25, 0.3) is 0 Å². The van der Waals surface area contributed by atoms with Crippen LogP contribution in [0.25, 0.3) is 0 Å². The Hall–Kier alpha value is -1.38. The van der Waals surface area contributed by atoms with Crippen molar-refractivity contribution < 1.29 is 13.2 Å². The lowest BCUT2D eigenvalue weighted by atomic mass is 10.2. The van der Waals surface area contributed by atoms with Crippen molar-refractivity contribution in [2.75, 3.05) is 48.2 Å². The molecule has 2 aromatic carbocycles. The Balaban J connectivity index is 1.73. The first kappa shape index (κ1) is 23.3. The minimum absolute atomic E-state index is 0.0911. The first-order chi connectivity index (χ1) is 14.1. The number of anilines is 2. The number of sulfonamides is 1. The highest BCUT2D eigenvalue weighted by atomic mass is 35.5. The molecule has 11 heteroatoms. The molecular weight excluding hydrogens is 492 g/mol. The van der Waals surface area contributed by atoms with Crippen LogP contribution in [0.15, 0.2) is 36.4 Å². The van der Waals surface area contributed by atoms with Crippen molar-refractivity contribution in [2.24, 2.45) is 0 Å². The molecule has 30 heavy (non-hydrogen) atoms. The summed E-state index contributed by atoms with van der Waals surface area (Å²) in [7, 11) is -3.79. The second kappa shape index (κ2) is 9.40. The van der Waals surface area contributed by atoms with E-state index in [0.29, 0.717) is 31.2 Å². The second-order valence-corrected chi connectivity index (χ2v) is 10.4. The predicted octanol–water partition coefficient (Wildman–Crippen LogP) is 4.42. The van der Waals surface area contributed by atoms with Gasteiger partial charge in [0, 0.05) is 36.9 Å². The Morgan fingerprint density at radius 2 is 1.60 bits per heavy atom. The molecule has 0 aromatic heterocycles. The third-order valence-corrected chi connectivity index (χ3v) is 7.13. The molecule has 0 saturated carbocycles. The fraction of sp³-hybridized carbons (Fsp3) is 0.316. The van der Waals surface area contributed by atoms with E-state index < -0.39 is 10.0 Å². The van der Waals surface area contributed by atoms with Gasteiger partial charge in [0.1, 0.15) is 6.54 Å². The summed E-state index contributed by atoms with van der Waals surface area (Å²) >= 11 is 24.2. The molecule has 1 amide bonds. The van der Waals surface area contributed by atoms with Crippen molar-refractivity contribution in [2.45, 2.75) is 0 Å². The molecule has 1 aliphatic rings. The van der Waals surface area contributed by atoms with Crippen molar-refractivity contribution in [1.29, 1.82) is 0 Å². The van der Waals surface area contributed by atoms with Gasteiger partial charge in [-0.2, -0.15) is 0 Å². The quantitative estimate of drug-likeness (QED) is 0.559. The van der Waals surface area contributed by atoms with Gasteiger partial charge in [-0.3, -0.25) is 9.10 Å². The standard InChI is InChI=1S/C19H19Cl4N3O3S/c1-30(28,29)26(18-11-16(22)15(21)10-17(18)23)12-19(27)25-7-5-24(6-8-25)14-4-2-3-13(20)9-14/h2-4,9-11H,5-8,12H2,1H3. The van der Waals surface area contributed by atoms with Crippen LogP contribution in [0.1, 0.15) is 0 Å². The van der Waals surface area contributed by atoms with E-state index in [0.717, 1.165) is 16.2 Å². The molecule has 1 fully saturated rings. The minimum Gasteiger partial charge on any atom is -0.368 e. The zero-order valence-corrected chi connectivity index (χ0v) is 19.8. The van der Waals surface area contributed by atoms with Crippen LogP contribution in [0.3, 0.4) is 0 Å². The van der Waals surface area contributed by atoms with E-state index in [2.05, 4.69) is 4.90 Å². The third-order valence-electron chi connectivity index (χ3n) is 4.74. The molecule has 1 saturated heterocycles. The number of piperazine rings is 1. The lowest BCUT2D eigenvalue weighted by Gasteiger charge is -2.37. The Labute approximate surface area is 195 Å². The topological polar surface area (TPSA) is 60.9 Å². The van der Waals surface area contributed by atoms with Crippen molar-refractivity contribution in [3.8, 4) is 0 Å². The van der Waals surface area contributed by atoms with Gasteiger partial charge in [-0.25, -0.2) is 8.42 Å². The number of carbonyl (C=O) groups excluding carboxylic acids is 1. The summed E-state index contributed by atoms with van der Waals surface area (Å²) in [5.74, 6) is -0.326. The van der Waals surface area contributed by atoms with E-state index in [1.165, 1.54) is 12.1 Å². The zero-order chi connectivity index (χ0) is 22.1. The molecule has 0 N–H and O–H groups in total. The molecule has 1 aliphatic heterocycles. The van der Waals surface area contributed by atoms with Gasteiger partial charge in [-0.15, -0.1) is 0 Å². The normalized spacial score (nSPS) is 14.7. The van der Waals surface area contributed by atoms with Gasteiger partial charge in [0.2, 0.25) is 15.9 Å². The monoisotopic (exact) mass is 509 g/mol. The molecular formula is C19H19Cl4N3O3S. The van der Waals surface area contributed by atoms with Crippen LogP contribution in [0.2, 0.25) is 20.1 Å². The smallest absolute Gasteiger partial charge is 0.243 e. The lowest BCUT2D eigenvalue weighted by Crippen LogP contribution is -2.52. The van der Waals surface area contributed by atoms with Gasteiger partial charge in [0.05, 0.1) is 27.0 Å². The molecule has 0 aliphatic carbocycles. The van der Waals surface area contributed by atoms with E-state index in [1.807, 2.05) is 18.2 Å². The summed E-state index contributed by atoms with van der Waals surface area (Å²) < 4.78 is 25.7. The van der Waals surface area contributed by atoms with E-state index in [1.54, 1.807) is 11.0 Å². The Kier molecular flexibility index (Phi) is 7.30. The molecule has 3 rings (SSSR count). The molecule has 0 bridgehead atoms. The predicted molar refractivity (Wildman–Crippen MR) is 124 cm³/mol. The van der Waals surface area contributed by atoms with Crippen molar-refractivity contribution in [3.05, 3.63) is 56.5 Å². The van der Waals surface area contributed by atoms with Crippen LogP contribution < -0.4 is 9.21 Å². The highest BCUT2D eigenvalue weighted by Crippen LogP contribution is 2.35. The molecule has 2 aromatic rings. The average molecular weight is 511 g/mol. The van der Waals surface area contributed by atoms with E-state index in [9.17, 15) is 13.2 Å². The highest BCUT2D eigenvalue weighted by molar-refractivity contribution is 7.92. The third kappa shape index (κ3) is 5.45. The summed E-state index contributed by atoms with van der Waals surface area (Å²) in [6.07, 6.45) is 1.01. The number of rotatable bonds is 5. The van der Waals surface area contributed by atoms with Gasteiger partial charge < -0.3 is 9.80 Å². The van der Waals surface area contributed by atoms with E-state index >= 15 is 0 Å². The molecule has 0 atom stereocenters. The number of carbonyl (C=O) groups is 1. The molecule has 6 nitrogen and oxygen atoms in total. The summed E-state index contributed by atoms with van der Waals surface area (Å²) in [5, 5.41) is 1.08. The molecule has 0 radical (unpaired) electrons. The van der Waals surface area contributed by atoms with Gasteiger partial charge in [0.15, 0.2) is 0 Å². The highest BCUT2D eigenvalue weighted by Gasteiger charge is 2.28. The second-order valence-electron chi connectivity index (χ2n) is 6.84. The zero-order valence-electron chi connectivity index (χ0n) is 16.0. The van der Waals surface area contributed by atoms with Crippen LogP contribution >= 0.6 is 46.4 Å². The van der Waals surface area contributed by atoms with Crippen LogP contribution in [0.4, 0.5) is 11.4 Å². The maximum absolute atomic E-state index is 12.9. The lowest BCUT2D eigenvalue weighted by molar-refractivity contribution is -0.129. The van der Waals surface area contributed by atoms with Crippen molar-refractivity contribution >= 4 is 73.7 Å². The van der Waals surface area contributed by atoms with E-state index in [4.69, 9.17) is 46.4 Å². The summed E-state index contributed by atoms with van der Waals surface area (Å²) in [6.45, 7) is 1.75. The maximum Gasteiger partial charge on any atom is 0.243 e. The Morgan fingerprint density at radius 1 is 0.967 bits per heavy atom. The SMILES string of the molecule is CS(=O)(=O)N(CC(=O)N1CCN(c2cccc(Cl)c2)CC1)c1cc(Cl)c(Cl)cc1Cl. The fourth-order valence-electron chi connectivity index (χ4n) is 3.19. The number of hydrogen-bond donors (Lipinski definition) is 0. The summed E-state index contributed by atoms with van der Waals surface area (Å²) in [6, 6.07) is 10.2. The molecule has 162 valence electrons. The van der Waals surface area contributed by atoms with E-state index in [-0.39, 0.29) is 33.2 Å². The number of benzene rings is 2. The fourth-order valence-corrected chi connectivity index (χ4v) is 4.93. The Morgan fingerprint density at radius 3 is 2.20 bits per heavy atom. The first-order valence-corrected chi connectivity index (χ1v) is 12.3. The van der Waals surface area contributed by atoms with Crippen LogP contribution in [0.5, 0.6) is 0 Å². The van der Waals surface area contributed by atoms with Crippen LogP contribution in [-0.2, 0) is 14.8 Å². The number of amides is 1. The maximum atomic E-state index is 12.9. The summed E-state index contributed by atoms with van der Waals surface area (Å²) in [5.41, 5.74) is 1.09. The average Bonchev–Trinajstić information content (AvgIpc) is 2.68. The minimum atomic E-state index is -3.79. The van der Waals surface area contributed by atoms with Gasteiger partial charge in [-0.1, -0.05) is 52.5 Å². The molecule has 0 unspecified atom stereocenters. The summed E-state index contributed by atoms with van der Waals surface area (Å²) in [4.78, 5) is 16.6. The van der Waals surface area contributed by atoms with Crippen LogP contribution in [0, 0.1) is 0 Å². The van der Waals surface area contributed by atoms with Crippen LogP contribution in [-0.4, -0.2) is 58.2 Å². The number of halogens is 4. The van der Waals surface area contributed by atoms with Gasteiger partial charge in [-0.05, 0) is 30.3 Å². The van der Waals surface area contributed by atoms with Gasteiger partial charge >= 0.3 is 0 Å². The molecule has 0 spiro atoms. The number of hydrogen-bond acceptors (Lipinski definition) is 4. The Bertz CT molecular complexity index is 1060. The van der Waals surface area contributed by atoms with Crippen molar-refractivity contribution in [1.82, 2.24) is 4.90 Å². The first-order valence-electron chi connectivity index (χ1n) is 8.97. The van der Waals surface area contributed by atoms with Crippen molar-refractivity contribution in [3.63, 3.8) is 0 Å². The molecule has 1 heterocycles. The largest absolute Gasteiger partial charge is 0.368 e.